The molecule has 19 heavy (non-hydrogen) atoms. The summed E-state index contributed by atoms with van der Waals surface area (Å²) in [6, 6.07) is 0. The summed E-state index contributed by atoms with van der Waals surface area (Å²) in [4.78, 5) is 23.0. The molecule has 3 N–H and O–H groups in total. The topological polar surface area (TPSA) is 86.6 Å². The molecule has 0 saturated carbocycles. The molecule has 0 aromatic heterocycles. The van der Waals surface area contributed by atoms with Crippen molar-refractivity contribution in [3.05, 3.63) is 12.2 Å². The number of amides is 1. The van der Waals surface area contributed by atoms with Gasteiger partial charge in [0.25, 0.3) is 0 Å². The normalized spacial score (nSPS) is 22.2. The zero-order chi connectivity index (χ0) is 14.1. The lowest BCUT2D eigenvalue weighted by atomic mass is 9.82. The largest absolute Gasteiger partial charge is 0.481 e. The first kappa shape index (κ1) is 15.7. The van der Waals surface area contributed by atoms with Crippen molar-refractivity contribution in [3.8, 4) is 0 Å². The van der Waals surface area contributed by atoms with E-state index in [1.54, 1.807) is 0 Å². The molecule has 0 aromatic carbocycles. The van der Waals surface area contributed by atoms with E-state index in [0.717, 1.165) is 25.7 Å². The molecule has 1 amide bonds. The number of aliphatic hydroxyl groups excluding tert-OH is 1. The molecule has 0 radical (unpaired) electrons. The van der Waals surface area contributed by atoms with Crippen LogP contribution < -0.4 is 5.32 Å². The highest BCUT2D eigenvalue weighted by Gasteiger charge is 2.33. The van der Waals surface area contributed by atoms with Crippen LogP contribution in [0.2, 0.25) is 0 Å². The molecule has 1 aliphatic carbocycles. The summed E-state index contributed by atoms with van der Waals surface area (Å²) in [6.45, 7) is 0.790. The van der Waals surface area contributed by atoms with E-state index in [-0.39, 0.29) is 12.5 Å². The van der Waals surface area contributed by atoms with Crippen LogP contribution >= 0.6 is 0 Å². The summed E-state index contributed by atoms with van der Waals surface area (Å²) in [7, 11) is 0. The van der Waals surface area contributed by atoms with E-state index < -0.39 is 17.8 Å². The van der Waals surface area contributed by atoms with Crippen LogP contribution in [0.4, 0.5) is 0 Å². The maximum atomic E-state index is 12.0. The van der Waals surface area contributed by atoms with Crippen LogP contribution in [-0.4, -0.2) is 35.2 Å². The molecule has 0 bridgehead atoms. The van der Waals surface area contributed by atoms with E-state index in [4.69, 9.17) is 10.2 Å². The second-order valence-electron chi connectivity index (χ2n) is 4.92. The number of aliphatic carboxylic acids is 1. The molecular weight excluding hydrogens is 246 g/mol. The van der Waals surface area contributed by atoms with Crippen LogP contribution in [0.25, 0.3) is 0 Å². The molecule has 0 heterocycles. The van der Waals surface area contributed by atoms with Gasteiger partial charge in [0.1, 0.15) is 0 Å². The van der Waals surface area contributed by atoms with Gasteiger partial charge in [-0.25, -0.2) is 0 Å². The average Bonchev–Trinajstić information content (AvgIpc) is 2.42. The highest BCUT2D eigenvalue weighted by atomic mass is 16.4. The number of aliphatic hydroxyl groups is 1. The molecule has 5 nitrogen and oxygen atoms in total. The van der Waals surface area contributed by atoms with E-state index in [2.05, 4.69) is 5.32 Å². The van der Waals surface area contributed by atoms with Crippen LogP contribution in [0.5, 0.6) is 0 Å². The Bertz CT molecular complexity index is 327. The molecule has 0 fully saturated rings. The number of carbonyl (C=O) groups is 2. The smallest absolute Gasteiger partial charge is 0.307 e. The number of rotatable bonds is 8. The maximum Gasteiger partial charge on any atom is 0.307 e. The molecule has 2 unspecified atom stereocenters. The van der Waals surface area contributed by atoms with Gasteiger partial charge < -0.3 is 15.5 Å². The Kier molecular flexibility index (Phi) is 7.18. The molecule has 2 atom stereocenters. The van der Waals surface area contributed by atoms with Gasteiger partial charge in [-0.05, 0) is 25.7 Å². The number of allylic oxidation sites excluding steroid dienone is 2. The summed E-state index contributed by atoms with van der Waals surface area (Å²) >= 11 is 0. The molecular formula is C14H23NO4. The van der Waals surface area contributed by atoms with Gasteiger partial charge in [-0.15, -0.1) is 0 Å². The highest BCUT2D eigenvalue weighted by molar-refractivity contribution is 5.85. The van der Waals surface area contributed by atoms with E-state index >= 15 is 0 Å². The molecule has 0 saturated heterocycles. The first-order valence-corrected chi connectivity index (χ1v) is 6.93. The van der Waals surface area contributed by atoms with Gasteiger partial charge in [-0.3, -0.25) is 9.59 Å². The van der Waals surface area contributed by atoms with Gasteiger partial charge in [-0.2, -0.15) is 0 Å². The molecule has 1 aliphatic rings. The van der Waals surface area contributed by atoms with Crippen LogP contribution in [0.1, 0.15) is 38.5 Å². The molecule has 108 valence electrons. The zero-order valence-corrected chi connectivity index (χ0v) is 11.2. The first-order chi connectivity index (χ1) is 9.16. The predicted molar refractivity (Wildman–Crippen MR) is 71.6 cm³/mol. The zero-order valence-electron chi connectivity index (χ0n) is 11.2. The lowest BCUT2D eigenvalue weighted by Gasteiger charge is -2.24. The Hall–Kier alpha value is -1.36. The predicted octanol–water partition coefficient (Wildman–Crippen LogP) is 1.32. The third kappa shape index (κ3) is 5.42. The fraction of sp³-hybridized carbons (Fsp3) is 0.714. The Morgan fingerprint density at radius 1 is 1.05 bits per heavy atom. The van der Waals surface area contributed by atoms with Crippen molar-refractivity contribution in [2.75, 3.05) is 13.2 Å². The number of carboxylic acid groups (broad SMARTS) is 1. The quantitative estimate of drug-likeness (QED) is 0.458. The highest BCUT2D eigenvalue weighted by Crippen LogP contribution is 2.25. The van der Waals surface area contributed by atoms with Crippen molar-refractivity contribution in [1.82, 2.24) is 5.32 Å². The summed E-state index contributed by atoms with van der Waals surface area (Å²) in [5, 5.41) is 20.5. The van der Waals surface area contributed by atoms with Crippen molar-refractivity contribution in [2.24, 2.45) is 11.8 Å². The van der Waals surface area contributed by atoms with Crippen LogP contribution in [-0.2, 0) is 9.59 Å². The van der Waals surface area contributed by atoms with Crippen molar-refractivity contribution in [1.29, 1.82) is 0 Å². The van der Waals surface area contributed by atoms with Crippen molar-refractivity contribution >= 4 is 11.9 Å². The fourth-order valence-electron chi connectivity index (χ4n) is 2.31. The minimum absolute atomic E-state index is 0.154. The van der Waals surface area contributed by atoms with Gasteiger partial charge in [0.05, 0.1) is 11.8 Å². The van der Waals surface area contributed by atoms with Crippen molar-refractivity contribution < 1.29 is 19.8 Å². The molecule has 0 spiro atoms. The Labute approximate surface area is 113 Å². The number of hydrogen-bond acceptors (Lipinski definition) is 3. The van der Waals surface area contributed by atoms with Crippen molar-refractivity contribution in [3.63, 3.8) is 0 Å². The third-order valence-corrected chi connectivity index (χ3v) is 3.47. The van der Waals surface area contributed by atoms with E-state index in [0.29, 0.717) is 19.4 Å². The summed E-state index contributed by atoms with van der Waals surface area (Å²) < 4.78 is 0. The number of carbonyl (C=O) groups excluding carboxylic acids is 1. The van der Waals surface area contributed by atoms with Crippen LogP contribution in [0.15, 0.2) is 12.2 Å². The van der Waals surface area contributed by atoms with Crippen LogP contribution in [0.3, 0.4) is 0 Å². The minimum atomic E-state index is -0.896. The van der Waals surface area contributed by atoms with Gasteiger partial charge in [0, 0.05) is 13.2 Å². The van der Waals surface area contributed by atoms with Gasteiger partial charge in [0.2, 0.25) is 5.91 Å². The van der Waals surface area contributed by atoms with Crippen molar-refractivity contribution in [2.45, 2.75) is 38.5 Å². The van der Waals surface area contributed by atoms with E-state index in [1.165, 1.54) is 0 Å². The molecule has 5 heteroatoms. The standard InChI is InChI=1S/C14H23NO4/c16-10-6-2-1-5-9-15-13(17)11-7-3-4-8-12(11)14(18)19/h3-4,11-12,16H,1-2,5-10H2,(H,15,17)(H,18,19). The Morgan fingerprint density at radius 3 is 2.32 bits per heavy atom. The number of unbranched alkanes of at least 4 members (excludes halogenated alkanes) is 3. The monoisotopic (exact) mass is 269 g/mol. The average molecular weight is 269 g/mol. The Balaban J connectivity index is 2.27. The number of hydrogen-bond donors (Lipinski definition) is 3. The Morgan fingerprint density at radius 2 is 1.68 bits per heavy atom. The second kappa shape index (κ2) is 8.69. The fourth-order valence-corrected chi connectivity index (χ4v) is 2.31. The summed E-state index contributed by atoms with van der Waals surface area (Å²) in [5.41, 5.74) is 0. The van der Waals surface area contributed by atoms with Gasteiger partial charge in [0.15, 0.2) is 0 Å². The van der Waals surface area contributed by atoms with E-state index in [1.807, 2.05) is 12.2 Å². The lowest BCUT2D eigenvalue weighted by Crippen LogP contribution is -2.39. The van der Waals surface area contributed by atoms with E-state index in [9.17, 15) is 9.59 Å². The van der Waals surface area contributed by atoms with Crippen LogP contribution in [0, 0.1) is 11.8 Å². The molecule has 0 aliphatic heterocycles. The third-order valence-electron chi connectivity index (χ3n) is 3.47. The van der Waals surface area contributed by atoms with Gasteiger partial charge in [-0.1, -0.05) is 25.0 Å². The van der Waals surface area contributed by atoms with Gasteiger partial charge >= 0.3 is 5.97 Å². The minimum Gasteiger partial charge on any atom is -0.481 e. The lowest BCUT2D eigenvalue weighted by molar-refractivity contribution is -0.147. The second-order valence-corrected chi connectivity index (χ2v) is 4.92. The number of nitrogens with one attached hydrogen (secondary N) is 1. The number of carboxylic acids is 1. The summed E-state index contributed by atoms with van der Waals surface area (Å²) in [6.07, 6.45) is 8.23. The molecule has 0 aromatic rings. The summed E-state index contributed by atoms with van der Waals surface area (Å²) in [5.74, 6) is -2.09. The molecule has 1 rings (SSSR count). The SMILES string of the molecule is O=C(O)C1CC=CCC1C(=O)NCCCCCCO. The maximum absolute atomic E-state index is 12.0. The first-order valence-electron chi connectivity index (χ1n) is 6.93.